The van der Waals surface area contributed by atoms with Crippen LogP contribution in [-0.2, 0) is 4.79 Å². The first-order valence-electron chi connectivity index (χ1n) is 5.67. The molecule has 20 heavy (non-hydrogen) atoms. The zero-order chi connectivity index (χ0) is 14.7. The molecule has 2 aromatic carbocycles. The molecule has 0 radical (unpaired) electrons. The summed E-state index contributed by atoms with van der Waals surface area (Å²) in [5.41, 5.74) is 1.21. The number of carboxylic acids is 1. The van der Waals surface area contributed by atoms with Crippen LogP contribution in [0.2, 0.25) is 10.0 Å². The molecule has 0 bridgehead atoms. The Balaban J connectivity index is 2.48. The fourth-order valence-electron chi connectivity index (χ4n) is 1.67. The molecule has 102 valence electrons. The van der Waals surface area contributed by atoms with E-state index in [2.05, 4.69) is 0 Å². The van der Waals surface area contributed by atoms with Gasteiger partial charge in [0.2, 0.25) is 0 Å². The molecule has 5 heteroatoms. The van der Waals surface area contributed by atoms with E-state index in [1.54, 1.807) is 24.3 Å². The van der Waals surface area contributed by atoms with Crippen LogP contribution in [0.5, 0.6) is 5.75 Å². The lowest BCUT2D eigenvalue weighted by molar-refractivity contribution is -0.130. The summed E-state index contributed by atoms with van der Waals surface area (Å²) in [5.74, 6) is -0.954. The normalized spacial score (nSPS) is 11.4. The van der Waals surface area contributed by atoms with Gasteiger partial charge >= 0.3 is 5.97 Å². The van der Waals surface area contributed by atoms with E-state index < -0.39 is 5.97 Å². The highest BCUT2D eigenvalue weighted by Crippen LogP contribution is 2.27. The molecule has 2 rings (SSSR count). The quantitative estimate of drug-likeness (QED) is 0.655. The zero-order valence-corrected chi connectivity index (χ0v) is 11.7. The summed E-state index contributed by atoms with van der Waals surface area (Å²) < 4.78 is 0. The molecule has 3 nitrogen and oxygen atoms in total. The molecule has 2 N–H and O–H groups in total. The third-order valence-corrected chi connectivity index (χ3v) is 3.40. The number of hydrogen-bond donors (Lipinski definition) is 2. The van der Waals surface area contributed by atoms with E-state index in [4.69, 9.17) is 23.2 Å². The number of aliphatic carboxylic acids is 1. The molecule has 0 amide bonds. The highest BCUT2D eigenvalue weighted by molar-refractivity contribution is 6.42. The highest BCUT2D eigenvalue weighted by atomic mass is 35.5. The van der Waals surface area contributed by atoms with Crippen molar-refractivity contribution in [2.75, 3.05) is 0 Å². The summed E-state index contributed by atoms with van der Waals surface area (Å²) in [7, 11) is 0. The van der Waals surface area contributed by atoms with Crippen molar-refractivity contribution in [3.8, 4) is 5.75 Å². The predicted molar refractivity (Wildman–Crippen MR) is 80.1 cm³/mol. The van der Waals surface area contributed by atoms with Crippen LogP contribution in [-0.4, -0.2) is 16.2 Å². The van der Waals surface area contributed by atoms with Gasteiger partial charge < -0.3 is 10.2 Å². The Hall–Kier alpha value is -1.97. The van der Waals surface area contributed by atoms with Crippen LogP contribution in [0.15, 0.2) is 42.5 Å². The van der Waals surface area contributed by atoms with Crippen molar-refractivity contribution in [2.24, 2.45) is 0 Å². The van der Waals surface area contributed by atoms with Gasteiger partial charge in [0, 0.05) is 0 Å². The van der Waals surface area contributed by atoms with Gasteiger partial charge in [-0.2, -0.15) is 0 Å². The fraction of sp³-hybridized carbons (Fsp3) is 0. The Bertz CT molecular complexity index is 676. The number of hydrogen-bond acceptors (Lipinski definition) is 2. The molecule has 0 fully saturated rings. The number of phenols is 1. The largest absolute Gasteiger partial charge is 0.508 e. The number of carboxylic acid groups (broad SMARTS) is 1. The molecule has 0 saturated heterocycles. The molecule has 0 aliphatic heterocycles. The van der Waals surface area contributed by atoms with Gasteiger partial charge in [0.15, 0.2) is 0 Å². The predicted octanol–water partition coefficient (Wildman–Crippen LogP) is 4.32. The van der Waals surface area contributed by atoms with E-state index in [1.807, 2.05) is 0 Å². The molecule has 0 saturated carbocycles. The van der Waals surface area contributed by atoms with Crippen LogP contribution < -0.4 is 0 Å². The summed E-state index contributed by atoms with van der Waals surface area (Å²) >= 11 is 11.7. The van der Waals surface area contributed by atoms with Gasteiger partial charge in [-0.3, -0.25) is 0 Å². The van der Waals surface area contributed by atoms with Gasteiger partial charge in [-0.05, 0) is 41.5 Å². The SMILES string of the molecule is O=C(O)/C(=C\c1ccc(O)cc1)c1ccc(Cl)c(Cl)c1. The Labute approximate surface area is 125 Å². The van der Waals surface area contributed by atoms with Crippen molar-refractivity contribution in [3.05, 3.63) is 63.6 Å². The fourth-order valence-corrected chi connectivity index (χ4v) is 1.97. The molecule has 0 heterocycles. The van der Waals surface area contributed by atoms with Crippen LogP contribution >= 0.6 is 23.2 Å². The van der Waals surface area contributed by atoms with Gasteiger partial charge in [-0.15, -0.1) is 0 Å². The first kappa shape index (κ1) is 14.4. The van der Waals surface area contributed by atoms with Gasteiger partial charge in [-0.1, -0.05) is 41.4 Å². The molecule has 0 aliphatic rings. The molecular weight excluding hydrogens is 299 g/mol. The minimum atomic E-state index is -1.07. The number of rotatable bonds is 3. The summed E-state index contributed by atoms with van der Waals surface area (Å²) in [5, 5.41) is 19.2. The maximum Gasteiger partial charge on any atom is 0.336 e. The van der Waals surface area contributed by atoms with E-state index in [0.29, 0.717) is 21.2 Å². The Kier molecular flexibility index (Phi) is 4.32. The van der Waals surface area contributed by atoms with Gasteiger partial charge in [0.1, 0.15) is 5.75 Å². The van der Waals surface area contributed by atoms with Crippen molar-refractivity contribution in [2.45, 2.75) is 0 Å². The minimum absolute atomic E-state index is 0.0919. The van der Waals surface area contributed by atoms with Gasteiger partial charge in [0.05, 0.1) is 15.6 Å². The maximum atomic E-state index is 11.4. The molecule has 0 unspecified atom stereocenters. The second kappa shape index (κ2) is 5.99. The van der Waals surface area contributed by atoms with Crippen molar-refractivity contribution >= 4 is 40.8 Å². The minimum Gasteiger partial charge on any atom is -0.508 e. The Morgan fingerprint density at radius 2 is 1.65 bits per heavy atom. The van der Waals surface area contributed by atoms with Crippen molar-refractivity contribution < 1.29 is 15.0 Å². The first-order chi connectivity index (χ1) is 9.47. The lowest BCUT2D eigenvalue weighted by Gasteiger charge is -2.05. The van der Waals surface area contributed by atoms with Gasteiger partial charge in [0.25, 0.3) is 0 Å². The monoisotopic (exact) mass is 308 g/mol. The summed E-state index contributed by atoms with van der Waals surface area (Å²) in [6, 6.07) is 10.9. The Morgan fingerprint density at radius 3 is 2.20 bits per heavy atom. The smallest absolute Gasteiger partial charge is 0.336 e. The van der Waals surface area contributed by atoms with Crippen molar-refractivity contribution in [1.82, 2.24) is 0 Å². The average molecular weight is 309 g/mol. The summed E-state index contributed by atoms with van der Waals surface area (Å²) in [6.45, 7) is 0. The zero-order valence-electron chi connectivity index (χ0n) is 10.2. The van der Waals surface area contributed by atoms with E-state index in [9.17, 15) is 15.0 Å². The van der Waals surface area contributed by atoms with Crippen LogP contribution in [0.25, 0.3) is 11.6 Å². The third-order valence-electron chi connectivity index (χ3n) is 2.67. The lowest BCUT2D eigenvalue weighted by Crippen LogP contribution is -1.99. The van der Waals surface area contributed by atoms with Crippen LogP contribution in [0, 0.1) is 0 Å². The van der Waals surface area contributed by atoms with Crippen LogP contribution in [0.1, 0.15) is 11.1 Å². The molecule has 0 aromatic heterocycles. The third kappa shape index (κ3) is 3.32. The molecular formula is C15H10Cl2O3. The number of benzene rings is 2. The van der Waals surface area contributed by atoms with Crippen molar-refractivity contribution in [3.63, 3.8) is 0 Å². The van der Waals surface area contributed by atoms with Crippen LogP contribution in [0.4, 0.5) is 0 Å². The maximum absolute atomic E-state index is 11.4. The number of carbonyl (C=O) groups is 1. The van der Waals surface area contributed by atoms with E-state index >= 15 is 0 Å². The molecule has 0 spiro atoms. The number of phenolic OH excluding ortho intramolecular Hbond substituents is 1. The second-order valence-electron chi connectivity index (χ2n) is 4.08. The average Bonchev–Trinajstić information content (AvgIpc) is 2.41. The standard InChI is InChI=1S/C15H10Cl2O3/c16-13-6-3-10(8-14(13)17)12(15(19)20)7-9-1-4-11(18)5-2-9/h1-8,18H,(H,19,20)/b12-7-. The van der Waals surface area contributed by atoms with Crippen molar-refractivity contribution in [1.29, 1.82) is 0 Å². The summed E-state index contributed by atoms with van der Waals surface area (Å²) in [4.78, 5) is 11.4. The Morgan fingerprint density at radius 1 is 1.00 bits per heavy atom. The van der Waals surface area contributed by atoms with E-state index in [0.717, 1.165) is 0 Å². The summed E-state index contributed by atoms with van der Waals surface area (Å²) in [6.07, 6.45) is 1.50. The number of aromatic hydroxyl groups is 1. The van der Waals surface area contributed by atoms with E-state index in [1.165, 1.54) is 24.3 Å². The molecule has 0 aliphatic carbocycles. The van der Waals surface area contributed by atoms with E-state index in [-0.39, 0.29) is 11.3 Å². The topological polar surface area (TPSA) is 57.5 Å². The highest BCUT2D eigenvalue weighted by Gasteiger charge is 2.12. The van der Waals surface area contributed by atoms with Crippen LogP contribution in [0.3, 0.4) is 0 Å². The number of halogens is 2. The lowest BCUT2D eigenvalue weighted by atomic mass is 10.0. The second-order valence-corrected chi connectivity index (χ2v) is 4.90. The molecule has 0 atom stereocenters. The molecule has 2 aromatic rings. The van der Waals surface area contributed by atoms with Gasteiger partial charge in [-0.25, -0.2) is 4.79 Å². The first-order valence-corrected chi connectivity index (χ1v) is 6.42.